The van der Waals surface area contributed by atoms with Crippen molar-refractivity contribution in [2.75, 3.05) is 25.1 Å². The van der Waals surface area contributed by atoms with Crippen molar-refractivity contribution in [2.24, 2.45) is 0 Å². The first-order chi connectivity index (χ1) is 13.0. The van der Waals surface area contributed by atoms with Gasteiger partial charge in [0.1, 0.15) is 0 Å². The minimum Gasteiger partial charge on any atom is -0.490 e. The van der Waals surface area contributed by atoms with E-state index < -0.39 is 6.10 Å². The molecule has 0 radical (unpaired) electrons. The van der Waals surface area contributed by atoms with Gasteiger partial charge in [-0.25, -0.2) is 0 Å². The van der Waals surface area contributed by atoms with Crippen LogP contribution in [-0.2, 0) is 0 Å². The summed E-state index contributed by atoms with van der Waals surface area (Å²) in [7, 11) is 0. The number of benzene rings is 2. The molecule has 0 aromatic heterocycles. The minimum atomic E-state index is -0.610. The van der Waals surface area contributed by atoms with Crippen LogP contribution in [0.3, 0.4) is 0 Å². The van der Waals surface area contributed by atoms with E-state index in [-0.39, 0.29) is 5.91 Å². The lowest BCUT2D eigenvalue weighted by Gasteiger charge is -2.17. The highest BCUT2D eigenvalue weighted by molar-refractivity contribution is 6.05. The largest absolute Gasteiger partial charge is 0.490 e. The fourth-order valence-corrected chi connectivity index (χ4v) is 2.60. The van der Waals surface area contributed by atoms with Gasteiger partial charge in [0.05, 0.1) is 25.9 Å². The van der Waals surface area contributed by atoms with Gasteiger partial charge in [-0.15, -0.1) is 0 Å². The molecule has 0 aliphatic heterocycles. The molecule has 0 unspecified atom stereocenters. The highest BCUT2D eigenvalue weighted by Crippen LogP contribution is 2.39. The predicted molar refractivity (Wildman–Crippen MR) is 105 cm³/mol. The normalized spacial score (nSPS) is 11.6. The topological polar surface area (TPSA) is 77.0 Å². The van der Waals surface area contributed by atoms with E-state index in [1.807, 2.05) is 20.8 Å². The first-order valence-electron chi connectivity index (χ1n) is 9.15. The molecular formula is C21H27NO5. The van der Waals surface area contributed by atoms with Crippen molar-refractivity contribution in [2.45, 2.75) is 33.8 Å². The summed E-state index contributed by atoms with van der Waals surface area (Å²) >= 11 is 0. The van der Waals surface area contributed by atoms with Crippen LogP contribution in [0, 0.1) is 0 Å². The average molecular weight is 373 g/mol. The molecule has 2 N–H and O–H groups in total. The number of hydrogen-bond donors (Lipinski definition) is 2. The Bertz CT molecular complexity index is 746. The number of hydrogen-bond acceptors (Lipinski definition) is 5. The minimum absolute atomic E-state index is 0.303. The smallest absolute Gasteiger partial charge is 0.255 e. The van der Waals surface area contributed by atoms with E-state index in [2.05, 4.69) is 5.32 Å². The first kappa shape index (κ1) is 20.6. The van der Waals surface area contributed by atoms with E-state index in [4.69, 9.17) is 14.2 Å². The number of rotatable bonds is 9. The molecule has 2 rings (SSSR count). The second-order valence-corrected chi connectivity index (χ2v) is 5.86. The Morgan fingerprint density at radius 3 is 2.11 bits per heavy atom. The van der Waals surface area contributed by atoms with Crippen LogP contribution in [0.2, 0.25) is 0 Å². The second kappa shape index (κ2) is 9.83. The van der Waals surface area contributed by atoms with Crippen molar-refractivity contribution in [3.63, 3.8) is 0 Å². The molecule has 2 aromatic carbocycles. The summed E-state index contributed by atoms with van der Waals surface area (Å²) in [5.74, 6) is 1.12. The standard InChI is InChI=1S/C21H27NO5/c1-5-25-18-12-16(13-19(26-6-2)20(18)27-7-3)21(24)22-17-10-8-9-15(11-17)14(4)23/h8-14,23H,5-7H2,1-4H3,(H,22,24)/t14-/m1/s1. The van der Waals surface area contributed by atoms with Crippen LogP contribution in [0.1, 0.15) is 49.7 Å². The monoisotopic (exact) mass is 373 g/mol. The van der Waals surface area contributed by atoms with Gasteiger partial charge in [0, 0.05) is 11.3 Å². The Labute approximate surface area is 160 Å². The van der Waals surface area contributed by atoms with Crippen LogP contribution in [-0.4, -0.2) is 30.8 Å². The number of aliphatic hydroxyl groups excluding tert-OH is 1. The van der Waals surface area contributed by atoms with Crippen LogP contribution in [0.15, 0.2) is 36.4 Å². The lowest BCUT2D eigenvalue weighted by molar-refractivity contribution is 0.102. The Balaban J connectivity index is 2.35. The quantitative estimate of drug-likeness (QED) is 0.689. The molecule has 0 spiro atoms. The maximum Gasteiger partial charge on any atom is 0.255 e. The lowest BCUT2D eigenvalue weighted by Crippen LogP contribution is -2.13. The van der Waals surface area contributed by atoms with E-state index in [0.29, 0.717) is 48.3 Å². The highest BCUT2D eigenvalue weighted by atomic mass is 16.5. The zero-order valence-corrected chi connectivity index (χ0v) is 16.2. The van der Waals surface area contributed by atoms with Crippen LogP contribution in [0.5, 0.6) is 17.2 Å². The molecule has 2 aromatic rings. The van der Waals surface area contributed by atoms with Crippen molar-refractivity contribution < 1.29 is 24.1 Å². The zero-order chi connectivity index (χ0) is 19.8. The molecule has 6 nitrogen and oxygen atoms in total. The van der Waals surface area contributed by atoms with Crippen LogP contribution in [0.4, 0.5) is 5.69 Å². The molecule has 27 heavy (non-hydrogen) atoms. The molecule has 146 valence electrons. The van der Waals surface area contributed by atoms with Crippen molar-refractivity contribution in [1.82, 2.24) is 0 Å². The van der Waals surface area contributed by atoms with Gasteiger partial charge < -0.3 is 24.6 Å². The number of nitrogens with one attached hydrogen (secondary N) is 1. The fraction of sp³-hybridized carbons (Fsp3) is 0.381. The summed E-state index contributed by atoms with van der Waals surface area (Å²) in [6, 6.07) is 10.4. The number of carbonyl (C=O) groups is 1. The molecule has 1 atom stereocenters. The lowest BCUT2D eigenvalue weighted by atomic mass is 10.1. The van der Waals surface area contributed by atoms with Gasteiger partial charge in [-0.1, -0.05) is 12.1 Å². The van der Waals surface area contributed by atoms with Gasteiger partial charge in [-0.3, -0.25) is 4.79 Å². The van der Waals surface area contributed by atoms with Crippen LogP contribution < -0.4 is 19.5 Å². The van der Waals surface area contributed by atoms with E-state index in [0.717, 1.165) is 5.56 Å². The van der Waals surface area contributed by atoms with E-state index in [1.165, 1.54) is 0 Å². The van der Waals surface area contributed by atoms with Crippen molar-refractivity contribution in [3.8, 4) is 17.2 Å². The Morgan fingerprint density at radius 1 is 1.00 bits per heavy atom. The summed E-state index contributed by atoms with van der Waals surface area (Å²) < 4.78 is 17.0. The molecule has 6 heteroatoms. The second-order valence-electron chi connectivity index (χ2n) is 5.86. The zero-order valence-electron chi connectivity index (χ0n) is 16.2. The van der Waals surface area contributed by atoms with Crippen LogP contribution >= 0.6 is 0 Å². The third kappa shape index (κ3) is 5.37. The van der Waals surface area contributed by atoms with Gasteiger partial charge in [0.2, 0.25) is 5.75 Å². The summed E-state index contributed by atoms with van der Waals surface area (Å²) in [4.78, 5) is 12.8. The number of amides is 1. The molecule has 0 aliphatic rings. The van der Waals surface area contributed by atoms with Gasteiger partial charge >= 0.3 is 0 Å². The predicted octanol–water partition coefficient (Wildman–Crippen LogP) is 4.19. The highest BCUT2D eigenvalue weighted by Gasteiger charge is 2.18. The number of aliphatic hydroxyl groups is 1. The summed E-state index contributed by atoms with van der Waals surface area (Å²) in [5, 5.41) is 12.6. The van der Waals surface area contributed by atoms with Gasteiger partial charge in [0.15, 0.2) is 11.5 Å². The van der Waals surface area contributed by atoms with E-state index in [1.54, 1.807) is 43.3 Å². The third-order valence-corrected chi connectivity index (χ3v) is 3.80. The molecule has 0 bridgehead atoms. The van der Waals surface area contributed by atoms with Crippen molar-refractivity contribution in [1.29, 1.82) is 0 Å². The van der Waals surface area contributed by atoms with E-state index >= 15 is 0 Å². The Hall–Kier alpha value is -2.73. The first-order valence-corrected chi connectivity index (χ1v) is 9.15. The molecule has 0 fully saturated rings. The number of anilines is 1. The fourth-order valence-electron chi connectivity index (χ4n) is 2.60. The maximum atomic E-state index is 12.8. The van der Waals surface area contributed by atoms with Gasteiger partial charge in [0.25, 0.3) is 5.91 Å². The average Bonchev–Trinajstić information content (AvgIpc) is 2.64. The molecule has 0 saturated carbocycles. The number of carbonyl (C=O) groups excluding carboxylic acids is 1. The third-order valence-electron chi connectivity index (χ3n) is 3.80. The molecule has 0 heterocycles. The van der Waals surface area contributed by atoms with Crippen molar-refractivity contribution >= 4 is 11.6 Å². The number of ether oxygens (including phenoxy) is 3. The van der Waals surface area contributed by atoms with Crippen molar-refractivity contribution in [3.05, 3.63) is 47.5 Å². The van der Waals surface area contributed by atoms with E-state index in [9.17, 15) is 9.90 Å². The summed E-state index contributed by atoms with van der Waals surface area (Å²) in [6.07, 6.45) is -0.610. The van der Waals surface area contributed by atoms with Gasteiger partial charge in [-0.2, -0.15) is 0 Å². The maximum absolute atomic E-state index is 12.8. The summed E-state index contributed by atoms with van der Waals surface area (Å²) in [5.41, 5.74) is 1.72. The van der Waals surface area contributed by atoms with Crippen LogP contribution in [0.25, 0.3) is 0 Å². The Morgan fingerprint density at radius 2 is 1.59 bits per heavy atom. The molecule has 0 aliphatic carbocycles. The molecular weight excluding hydrogens is 346 g/mol. The summed E-state index contributed by atoms with van der Waals surface area (Å²) in [6.45, 7) is 8.62. The molecule has 0 saturated heterocycles. The Kier molecular flexibility index (Phi) is 7.49. The molecule has 1 amide bonds. The van der Waals surface area contributed by atoms with Gasteiger partial charge in [-0.05, 0) is 57.5 Å². The SMILES string of the molecule is CCOc1cc(C(=O)Nc2cccc([C@@H](C)O)c2)cc(OCC)c1OCC.